The van der Waals surface area contributed by atoms with Crippen molar-refractivity contribution < 1.29 is 19.1 Å². The highest BCUT2D eigenvalue weighted by atomic mass is 32.2. The molecule has 0 fully saturated rings. The van der Waals surface area contributed by atoms with Crippen molar-refractivity contribution in [1.82, 2.24) is 5.32 Å². The van der Waals surface area contributed by atoms with Gasteiger partial charge in [-0.25, -0.2) is 0 Å². The summed E-state index contributed by atoms with van der Waals surface area (Å²) in [4.78, 5) is 23.6. The van der Waals surface area contributed by atoms with Crippen LogP contribution in [-0.4, -0.2) is 36.9 Å². The predicted molar refractivity (Wildman–Crippen MR) is 154 cm³/mol. The van der Waals surface area contributed by atoms with E-state index in [-0.39, 0.29) is 30.6 Å². The van der Waals surface area contributed by atoms with E-state index >= 15 is 0 Å². The zero-order valence-electron chi connectivity index (χ0n) is 22.1. The van der Waals surface area contributed by atoms with Gasteiger partial charge in [0.05, 0.1) is 19.1 Å². The number of nitrogens with one attached hydrogen (secondary N) is 1. The lowest BCUT2D eigenvalue weighted by atomic mass is 9.94. The quantitative estimate of drug-likeness (QED) is 0.203. The lowest BCUT2D eigenvalue weighted by Crippen LogP contribution is -2.31. The second-order valence-corrected chi connectivity index (χ2v) is 10.4. The van der Waals surface area contributed by atoms with Crippen LogP contribution in [0.4, 0.5) is 0 Å². The van der Waals surface area contributed by atoms with Gasteiger partial charge in [0.15, 0.2) is 0 Å². The first-order valence-electron chi connectivity index (χ1n) is 12.8. The number of amides is 1. The Labute approximate surface area is 229 Å². The van der Waals surface area contributed by atoms with Gasteiger partial charge in [0.25, 0.3) is 0 Å². The van der Waals surface area contributed by atoms with Crippen molar-refractivity contribution >= 4 is 23.5 Å². The van der Waals surface area contributed by atoms with E-state index in [9.17, 15) is 9.59 Å². The Bertz CT molecular complexity index is 1330. The fourth-order valence-corrected chi connectivity index (χ4v) is 4.94. The van der Waals surface area contributed by atoms with E-state index in [1.165, 1.54) is 16.7 Å². The molecule has 4 rings (SSSR count). The van der Waals surface area contributed by atoms with Crippen LogP contribution in [0.1, 0.15) is 41.0 Å². The van der Waals surface area contributed by atoms with Gasteiger partial charge in [0.1, 0.15) is 18.1 Å². The Morgan fingerprint density at radius 3 is 2.47 bits per heavy atom. The number of hydrogen-bond donors (Lipinski definition) is 1. The first-order chi connectivity index (χ1) is 18.4. The van der Waals surface area contributed by atoms with Crippen molar-refractivity contribution in [1.29, 1.82) is 0 Å². The third-order valence-corrected chi connectivity index (χ3v) is 7.09. The third kappa shape index (κ3) is 7.43. The number of carbonyl (C=O) groups is 2. The highest BCUT2D eigenvalue weighted by Crippen LogP contribution is 2.32. The number of ketones is 1. The van der Waals surface area contributed by atoms with Gasteiger partial charge in [0, 0.05) is 6.42 Å². The molecule has 0 bridgehead atoms. The number of benzene rings is 3. The molecule has 38 heavy (non-hydrogen) atoms. The lowest BCUT2D eigenvalue weighted by Gasteiger charge is -2.15. The third-order valence-electron chi connectivity index (χ3n) is 6.39. The smallest absolute Gasteiger partial charge is 0.224 e. The molecule has 3 aromatic carbocycles. The van der Waals surface area contributed by atoms with E-state index in [1.54, 1.807) is 0 Å². The van der Waals surface area contributed by atoms with Crippen molar-refractivity contribution in [3.05, 3.63) is 82.9 Å². The van der Waals surface area contributed by atoms with E-state index in [0.717, 1.165) is 47.0 Å². The molecule has 0 saturated carbocycles. The maximum absolute atomic E-state index is 12.0. The zero-order chi connectivity index (χ0) is 26.9. The summed E-state index contributed by atoms with van der Waals surface area (Å²) in [6.45, 7) is 5.39. The molecular weight excluding hydrogens is 494 g/mol. The Kier molecular flexibility index (Phi) is 9.51. The second-order valence-electron chi connectivity index (χ2n) is 9.41. The molecule has 1 atom stereocenters. The summed E-state index contributed by atoms with van der Waals surface area (Å²) in [6.07, 6.45) is 3.39. The van der Waals surface area contributed by atoms with Crippen LogP contribution in [0.2, 0.25) is 0 Å². The summed E-state index contributed by atoms with van der Waals surface area (Å²) in [5, 5.41) is 2.60. The largest absolute Gasteiger partial charge is 0.494 e. The maximum atomic E-state index is 12.0. The molecule has 1 amide bonds. The summed E-state index contributed by atoms with van der Waals surface area (Å²) in [7, 11) is 0. The average Bonchev–Trinajstić information content (AvgIpc) is 2.90. The molecule has 3 aromatic rings. The molecular formula is C32H33NO4S. The molecule has 1 aliphatic heterocycles. The van der Waals surface area contributed by atoms with Crippen LogP contribution in [0.25, 0.3) is 11.1 Å². The number of hydrogen-bond acceptors (Lipinski definition) is 5. The zero-order valence-corrected chi connectivity index (χ0v) is 23.0. The van der Waals surface area contributed by atoms with Crippen LogP contribution in [0.15, 0.2) is 60.7 Å². The second kappa shape index (κ2) is 13.2. The van der Waals surface area contributed by atoms with E-state index in [2.05, 4.69) is 73.7 Å². The highest BCUT2D eigenvalue weighted by Gasteiger charge is 2.17. The van der Waals surface area contributed by atoms with Crippen molar-refractivity contribution in [3.8, 4) is 34.5 Å². The minimum atomic E-state index is -0.316. The molecule has 6 heteroatoms. The van der Waals surface area contributed by atoms with Gasteiger partial charge in [-0.05, 0) is 102 Å². The molecule has 0 spiro atoms. The number of ether oxygens (including phenoxy) is 2. The van der Waals surface area contributed by atoms with Gasteiger partial charge in [0.2, 0.25) is 11.7 Å². The van der Waals surface area contributed by atoms with Crippen molar-refractivity contribution in [2.45, 2.75) is 39.2 Å². The number of carbonyl (C=O) groups excluding carboxylic acids is 2. The summed E-state index contributed by atoms with van der Waals surface area (Å²) < 4.78 is 12.0. The Hall–Kier alpha value is -3.69. The van der Waals surface area contributed by atoms with E-state index < -0.39 is 0 Å². The Morgan fingerprint density at radius 2 is 1.74 bits per heavy atom. The molecule has 1 heterocycles. The summed E-state index contributed by atoms with van der Waals surface area (Å²) in [5.41, 5.74) is 6.71. The topological polar surface area (TPSA) is 64.6 Å². The minimum absolute atomic E-state index is 0.0239. The van der Waals surface area contributed by atoms with Crippen LogP contribution in [0.3, 0.4) is 0 Å². The standard InChI is InChI=1S/C32H33NO4S/c1-22-16-30(36-14-5-15-38-3)17-23(2)32(22)27-7-4-6-24(18-27)21-37-29-12-9-25(10-13-29)26-8-11-28(34)20-33-31(35)19-26/h4,6-7,9-10,12-13,16-18,26H,5,14-15,19-21H2,1-3H3,(H,33,35). The van der Waals surface area contributed by atoms with E-state index in [0.29, 0.717) is 6.61 Å². The van der Waals surface area contributed by atoms with Gasteiger partial charge in [-0.2, -0.15) is 11.8 Å². The molecule has 1 N–H and O–H groups in total. The van der Waals surface area contributed by atoms with Gasteiger partial charge < -0.3 is 14.8 Å². The molecule has 0 saturated heterocycles. The van der Waals surface area contributed by atoms with Gasteiger partial charge in [-0.1, -0.05) is 36.3 Å². The summed E-state index contributed by atoms with van der Waals surface area (Å²) in [6, 6.07) is 20.2. The molecule has 196 valence electrons. The minimum Gasteiger partial charge on any atom is -0.494 e. The first-order valence-corrected chi connectivity index (χ1v) is 14.2. The first kappa shape index (κ1) is 27.3. The monoisotopic (exact) mass is 527 g/mol. The SMILES string of the molecule is CSCCCOc1cc(C)c(-c2cccc(COc3ccc(C4C#CC(=O)CNC(=O)C4)cc3)c2)c(C)c1. The number of Topliss-reactive ketones (excluding diaryl/α,β-unsaturated/α-hetero) is 1. The van der Waals surface area contributed by atoms with Crippen LogP contribution >= 0.6 is 11.8 Å². The van der Waals surface area contributed by atoms with E-state index in [1.807, 2.05) is 36.0 Å². The summed E-state index contributed by atoms with van der Waals surface area (Å²) in [5.74, 6) is 7.54. The molecule has 0 radical (unpaired) electrons. The summed E-state index contributed by atoms with van der Waals surface area (Å²) >= 11 is 1.84. The lowest BCUT2D eigenvalue weighted by molar-refractivity contribution is -0.123. The Balaban J connectivity index is 1.41. The fourth-order valence-electron chi connectivity index (χ4n) is 4.54. The van der Waals surface area contributed by atoms with Crippen molar-refractivity contribution in [3.63, 3.8) is 0 Å². The van der Waals surface area contributed by atoms with Crippen LogP contribution in [-0.2, 0) is 16.2 Å². The van der Waals surface area contributed by atoms with Gasteiger partial charge in [-0.15, -0.1) is 0 Å². The Morgan fingerprint density at radius 1 is 0.974 bits per heavy atom. The molecule has 0 aliphatic carbocycles. The molecule has 1 aliphatic rings. The van der Waals surface area contributed by atoms with Crippen LogP contribution < -0.4 is 14.8 Å². The number of thioether (sulfide) groups is 1. The molecule has 1 unspecified atom stereocenters. The van der Waals surface area contributed by atoms with Gasteiger partial charge in [-0.3, -0.25) is 9.59 Å². The fraction of sp³-hybridized carbons (Fsp3) is 0.312. The van der Waals surface area contributed by atoms with Crippen LogP contribution in [0.5, 0.6) is 11.5 Å². The van der Waals surface area contributed by atoms with Crippen molar-refractivity contribution in [2.75, 3.05) is 25.2 Å². The van der Waals surface area contributed by atoms with Crippen LogP contribution in [0, 0.1) is 25.7 Å². The van der Waals surface area contributed by atoms with E-state index in [4.69, 9.17) is 9.47 Å². The number of rotatable bonds is 10. The normalized spacial score (nSPS) is 15.1. The number of aryl methyl sites for hydroxylation is 2. The highest BCUT2D eigenvalue weighted by molar-refractivity contribution is 7.98. The maximum Gasteiger partial charge on any atom is 0.224 e. The molecule has 0 aromatic heterocycles. The van der Waals surface area contributed by atoms with Gasteiger partial charge >= 0.3 is 0 Å². The average molecular weight is 528 g/mol. The predicted octanol–water partition coefficient (Wildman–Crippen LogP) is 5.86. The molecule has 5 nitrogen and oxygen atoms in total. The van der Waals surface area contributed by atoms with Crippen molar-refractivity contribution in [2.24, 2.45) is 0 Å².